The fourth-order valence-corrected chi connectivity index (χ4v) is 2.92. The van der Waals surface area contributed by atoms with Gasteiger partial charge in [-0.05, 0) is 42.6 Å². The summed E-state index contributed by atoms with van der Waals surface area (Å²) in [5.41, 5.74) is 4.77. The molecule has 0 aliphatic heterocycles. The van der Waals surface area contributed by atoms with Crippen molar-refractivity contribution in [2.75, 3.05) is 5.32 Å². The zero-order valence-corrected chi connectivity index (χ0v) is 13.4. The molecule has 3 heterocycles. The predicted molar refractivity (Wildman–Crippen MR) is 97.6 cm³/mol. The van der Waals surface area contributed by atoms with E-state index < -0.39 is 0 Å². The van der Waals surface area contributed by atoms with Crippen molar-refractivity contribution in [2.45, 2.75) is 13.3 Å². The van der Waals surface area contributed by atoms with Gasteiger partial charge in [0.15, 0.2) is 5.82 Å². The quantitative estimate of drug-likeness (QED) is 0.551. The third-order valence-corrected chi connectivity index (χ3v) is 3.96. The number of aromatic amines is 1. The van der Waals surface area contributed by atoms with Crippen LogP contribution >= 0.6 is 0 Å². The first-order valence-corrected chi connectivity index (χ1v) is 7.82. The Bertz CT molecular complexity index is 1050. The van der Waals surface area contributed by atoms with Crippen molar-refractivity contribution in [2.24, 2.45) is 0 Å². The predicted octanol–water partition coefficient (Wildman–Crippen LogP) is 4.29. The van der Waals surface area contributed by atoms with E-state index in [1.54, 1.807) is 6.20 Å². The summed E-state index contributed by atoms with van der Waals surface area (Å²) in [6.45, 7) is 5.83. The van der Waals surface area contributed by atoms with Gasteiger partial charge in [-0.25, -0.2) is 0 Å². The molecule has 0 saturated carbocycles. The highest BCUT2D eigenvalue weighted by atomic mass is 15.2. The highest BCUT2D eigenvalue weighted by molar-refractivity contribution is 5.91. The lowest BCUT2D eigenvalue weighted by Gasteiger charge is -2.09. The van der Waals surface area contributed by atoms with Crippen LogP contribution < -0.4 is 5.32 Å². The van der Waals surface area contributed by atoms with E-state index in [1.165, 1.54) is 0 Å². The minimum Gasteiger partial charge on any atom is -0.337 e. The molecule has 3 aromatic heterocycles. The van der Waals surface area contributed by atoms with Gasteiger partial charge in [0.2, 0.25) is 0 Å². The maximum absolute atomic E-state index is 4.62. The van der Waals surface area contributed by atoms with Gasteiger partial charge in [-0.1, -0.05) is 12.1 Å². The fraction of sp³-hybridized carbons (Fsp3) is 0.105. The number of rotatable bonds is 4. The number of aryl methyl sites for hydroxylation is 1. The zero-order chi connectivity index (χ0) is 16.5. The Labute approximate surface area is 139 Å². The largest absolute Gasteiger partial charge is 0.337 e. The molecule has 5 nitrogen and oxygen atoms in total. The number of anilines is 2. The van der Waals surface area contributed by atoms with Gasteiger partial charge in [0.05, 0.1) is 11.2 Å². The lowest BCUT2D eigenvalue weighted by Crippen LogP contribution is -1.95. The molecule has 0 saturated heterocycles. The number of pyridine rings is 2. The molecule has 24 heavy (non-hydrogen) atoms. The van der Waals surface area contributed by atoms with E-state index in [2.05, 4.69) is 50.3 Å². The molecule has 0 fully saturated rings. The average Bonchev–Trinajstić information content (AvgIpc) is 2.98. The Kier molecular flexibility index (Phi) is 3.46. The molecule has 0 spiro atoms. The van der Waals surface area contributed by atoms with E-state index in [0.717, 1.165) is 51.1 Å². The Morgan fingerprint density at radius 1 is 1.25 bits per heavy atom. The number of hydrogen-bond donors (Lipinski definition) is 2. The van der Waals surface area contributed by atoms with Gasteiger partial charge in [-0.3, -0.25) is 15.1 Å². The molecule has 2 N–H and O–H groups in total. The number of allylic oxidation sites excluding steroid dienone is 1. The van der Waals surface area contributed by atoms with Gasteiger partial charge < -0.3 is 5.32 Å². The van der Waals surface area contributed by atoms with Crippen molar-refractivity contribution >= 4 is 33.3 Å². The summed E-state index contributed by atoms with van der Waals surface area (Å²) in [5.74, 6) is 0.724. The number of nitrogens with zero attached hydrogens (tertiary/aromatic N) is 3. The number of hydrogen-bond acceptors (Lipinski definition) is 4. The number of fused-ring (bicyclic) bond motifs is 2. The zero-order valence-electron chi connectivity index (χ0n) is 13.4. The van der Waals surface area contributed by atoms with Crippen LogP contribution in [0.3, 0.4) is 0 Å². The molecule has 4 aromatic rings. The number of H-pyrrole nitrogens is 1. The van der Waals surface area contributed by atoms with E-state index in [4.69, 9.17) is 0 Å². The highest BCUT2D eigenvalue weighted by Crippen LogP contribution is 2.26. The van der Waals surface area contributed by atoms with Crippen LogP contribution in [-0.4, -0.2) is 20.2 Å². The molecule has 118 valence electrons. The second-order valence-corrected chi connectivity index (χ2v) is 5.74. The minimum absolute atomic E-state index is 0.724. The topological polar surface area (TPSA) is 66.5 Å². The van der Waals surface area contributed by atoms with Crippen LogP contribution in [-0.2, 0) is 6.42 Å². The van der Waals surface area contributed by atoms with Crippen LogP contribution in [0.5, 0.6) is 0 Å². The van der Waals surface area contributed by atoms with Gasteiger partial charge in [-0.15, -0.1) is 6.58 Å². The van der Waals surface area contributed by atoms with Gasteiger partial charge >= 0.3 is 0 Å². The SMILES string of the molecule is C=CCc1nc(C)cc2cc(Nc3n[nH]c4cccnc34)ccc12. The highest BCUT2D eigenvalue weighted by Gasteiger charge is 2.08. The monoisotopic (exact) mass is 315 g/mol. The number of benzene rings is 1. The number of nitrogens with one attached hydrogen (secondary N) is 2. The Balaban J connectivity index is 1.76. The fourth-order valence-electron chi connectivity index (χ4n) is 2.92. The molecule has 4 rings (SSSR count). The smallest absolute Gasteiger partial charge is 0.178 e. The summed E-state index contributed by atoms with van der Waals surface area (Å²) in [6, 6.07) is 12.2. The van der Waals surface area contributed by atoms with Crippen molar-refractivity contribution in [3.05, 3.63) is 66.6 Å². The normalized spacial score (nSPS) is 11.0. The summed E-state index contributed by atoms with van der Waals surface area (Å²) in [5, 5.41) is 12.9. The maximum atomic E-state index is 4.62. The van der Waals surface area contributed by atoms with Crippen LogP contribution in [0.4, 0.5) is 11.5 Å². The van der Waals surface area contributed by atoms with Crippen LogP contribution in [0.15, 0.2) is 55.3 Å². The molecular weight excluding hydrogens is 298 g/mol. The summed E-state index contributed by atoms with van der Waals surface area (Å²) in [4.78, 5) is 8.99. The molecule has 0 bridgehead atoms. The van der Waals surface area contributed by atoms with E-state index in [9.17, 15) is 0 Å². The van der Waals surface area contributed by atoms with E-state index >= 15 is 0 Å². The van der Waals surface area contributed by atoms with Crippen molar-refractivity contribution in [3.63, 3.8) is 0 Å². The van der Waals surface area contributed by atoms with Crippen LogP contribution in [0.1, 0.15) is 11.4 Å². The molecule has 5 heteroatoms. The first-order chi connectivity index (χ1) is 11.7. The molecule has 0 amide bonds. The van der Waals surface area contributed by atoms with E-state index in [-0.39, 0.29) is 0 Å². The standard InChI is InChI=1S/C19H17N5/c1-3-5-16-15-8-7-14(11-13(15)10-12(2)21-16)22-19-18-17(23-24-19)6-4-9-20-18/h3-4,6-11H,1,5H2,2H3,(H2,22,23,24). The molecular formula is C19H17N5. The second kappa shape index (κ2) is 5.77. The van der Waals surface area contributed by atoms with Gasteiger partial charge in [0, 0.05) is 29.4 Å². The minimum atomic E-state index is 0.724. The van der Waals surface area contributed by atoms with E-state index in [0.29, 0.717) is 0 Å². The maximum Gasteiger partial charge on any atom is 0.178 e. The average molecular weight is 315 g/mol. The summed E-state index contributed by atoms with van der Waals surface area (Å²) in [7, 11) is 0. The van der Waals surface area contributed by atoms with Crippen molar-refractivity contribution in [3.8, 4) is 0 Å². The summed E-state index contributed by atoms with van der Waals surface area (Å²) < 4.78 is 0. The van der Waals surface area contributed by atoms with Gasteiger partial charge in [0.1, 0.15) is 5.52 Å². The molecule has 0 atom stereocenters. The van der Waals surface area contributed by atoms with E-state index in [1.807, 2.05) is 31.2 Å². The van der Waals surface area contributed by atoms with Gasteiger partial charge in [0.25, 0.3) is 0 Å². The van der Waals surface area contributed by atoms with Crippen molar-refractivity contribution in [1.29, 1.82) is 0 Å². The molecule has 0 radical (unpaired) electrons. The van der Waals surface area contributed by atoms with Crippen molar-refractivity contribution < 1.29 is 0 Å². The Morgan fingerprint density at radius 3 is 3.04 bits per heavy atom. The van der Waals surface area contributed by atoms with Crippen LogP contribution in [0.2, 0.25) is 0 Å². The summed E-state index contributed by atoms with van der Waals surface area (Å²) >= 11 is 0. The molecule has 0 aliphatic carbocycles. The third-order valence-electron chi connectivity index (χ3n) is 3.96. The van der Waals surface area contributed by atoms with Crippen molar-refractivity contribution in [1.82, 2.24) is 20.2 Å². The lowest BCUT2D eigenvalue weighted by atomic mass is 10.1. The lowest BCUT2D eigenvalue weighted by molar-refractivity contribution is 1.09. The third kappa shape index (κ3) is 2.50. The van der Waals surface area contributed by atoms with Crippen LogP contribution in [0, 0.1) is 6.92 Å². The molecule has 0 aliphatic rings. The summed E-state index contributed by atoms with van der Waals surface area (Å²) in [6.07, 6.45) is 4.41. The number of aromatic nitrogens is 4. The first kappa shape index (κ1) is 14.4. The van der Waals surface area contributed by atoms with Crippen LogP contribution in [0.25, 0.3) is 21.8 Å². The Hall–Kier alpha value is -3.21. The van der Waals surface area contributed by atoms with Gasteiger partial charge in [-0.2, -0.15) is 5.10 Å². The molecule has 0 unspecified atom stereocenters. The first-order valence-electron chi connectivity index (χ1n) is 7.82. The Morgan fingerprint density at radius 2 is 2.17 bits per heavy atom. The second-order valence-electron chi connectivity index (χ2n) is 5.74. The molecule has 1 aromatic carbocycles.